The molecule has 0 aliphatic carbocycles. The Morgan fingerprint density at radius 1 is 1.21 bits per heavy atom. The Labute approximate surface area is 162 Å². The molecule has 0 saturated carbocycles. The van der Waals surface area contributed by atoms with Gasteiger partial charge >= 0.3 is 6.03 Å². The largest absolute Gasteiger partial charge is 0.508 e. The van der Waals surface area contributed by atoms with Crippen molar-refractivity contribution in [1.29, 1.82) is 0 Å². The third kappa shape index (κ3) is 3.48. The van der Waals surface area contributed by atoms with Gasteiger partial charge in [0.1, 0.15) is 23.6 Å². The van der Waals surface area contributed by atoms with Gasteiger partial charge in [-0.3, -0.25) is 14.5 Å². The van der Waals surface area contributed by atoms with Crippen molar-refractivity contribution in [2.45, 2.75) is 19.4 Å². The number of nitrogens with zero attached hydrogens (tertiary/aromatic N) is 1. The van der Waals surface area contributed by atoms with Crippen molar-refractivity contribution in [2.24, 2.45) is 0 Å². The van der Waals surface area contributed by atoms with E-state index in [0.717, 1.165) is 10.5 Å². The van der Waals surface area contributed by atoms with Crippen LogP contribution >= 0.6 is 0 Å². The fraction of sp³-hybridized carbons (Fsp3) is 0.250. The Balaban J connectivity index is 1.76. The number of aryl methyl sites for hydroxylation is 1. The topological polar surface area (TPSA) is 108 Å². The first-order chi connectivity index (χ1) is 13.2. The maximum atomic E-state index is 12.9. The lowest BCUT2D eigenvalue weighted by Crippen LogP contribution is -2.42. The van der Waals surface area contributed by atoms with Gasteiger partial charge in [-0.2, -0.15) is 0 Å². The highest BCUT2D eigenvalue weighted by atomic mass is 16.5. The number of methoxy groups -OCH3 is 1. The summed E-state index contributed by atoms with van der Waals surface area (Å²) < 4.78 is 5.23. The van der Waals surface area contributed by atoms with E-state index in [2.05, 4.69) is 10.6 Å². The highest BCUT2D eigenvalue weighted by Gasteiger charge is 2.49. The molecule has 146 valence electrons. The van der Waals surface area contributed by atoms with E-state index >= 15 is 0 Å². The Hall–Kier alpha value is -3.55. The van der Waals surface area contributed by atoms with E-state index in [1.54, 1.807) is 32.2 Å². The second-order valence-corrected chi connectivity index (χ2v) is 6.73. The van der Waals surface area contributed by atoms with Gasteiger partial charge in [0.05, 0.1) is 7.11 Å². The Morgan fingerprint density at radius 3 is 2.50 bits per heavy atom. The monoisotopic (exact) mass is 383 g/mol. The average Bonchev–Trinajstić information content (AvgIpc) is 2.87. The summed E-state index contributed by atoms with van der Waals surface area (Å²) in [4.78, 5) is 38.5. The van der Waals surface area contributed by atoms with E-state index < -0.39 is 29.9 Å². The molecule has 0 radical (unpaired) electrons. The van der Waals surface area contributed by atoms with Crippen LogP contribution in [0.25, 0.3) is 0 Å². The molecular weight excluding hydrogens is 362 g/mol. The van der Waals surface area contributed by atoms with Crippen LogP contribution in [0.15, 0.2) is 42.5 Å². The maximum Gasteiger partial charge on any atom is 0.325 e. The highest BCUT2D eigenvalue weighted by Crippen LogP contribution is 2.31. The number of hydrogen-bond donors (Lipinski definition) is 3. The van der Waals surface area contributed by atoms with Crippen molar-refractivity contribution < 1.29 is 24.2 Å². The predicted molar refractivity (Wildman–Crippen MR) is 102 cm³/mol. The molecule has 1 aliphatic rings. The molecule has 1 heterocycles. The molecule has 2 aromatic carbocycles. The number of anilines is 1. The first-order valence-corrected chi connectivity index (χ1v) is 8.62. The first kappa shape index (κ1) is 19.2. The summed E-state index contributed by atoms with van der Waals surface area (Å²) in [5, 5.41) is 14.5. The fourth-order valence-corrected chi connectivity index (χ4v) is 3.11. The molecule has 3 N–H and O–H groups in total. The second kappa shape index (κ2) is 7.22. The van der Waals surface area contributed by atoms with Crippen LogP contribution < -0.4 is 15.4 Å². The van der Waals surface area contributed by atoms with Crippen molar-refractivity contribution in [3.05, 3.63) is 53.6 Å². The third-order valence-corrected chi connectivity index (χ3v) is 4.70. The normalized spacial score (nSPS) is 18.8. The van der Waals surface area contributed by atoms with Crippen LogP contribution in [-0.2, 0) is 15.1 Å². The lowest BCUT2D eigenvalue weighted by atomic mass is 9.90. The number of urea groups is 1. The fourth-order valence-electron chi connectivity index (χ4n) is 3.11. The SMILES string of the molecule is COc1ccc(C2(C)NC(=O)N(CC(=O)Nc3ccc(O)cc3)C2=O)cc1C. The van der Waals surface area contributed by atoms with Crippen molar-refractivity contribution in [1.82, 2.24) is 10.2 Å². The number of hydrogen-bond acceptors (Lipinski definition) is 5. The molecule has 2 aromatic rings. The molecule has 1 aliphatic heterocycles. The van der Waals surface area contributed by atoms with Gasteiger partial charge in [0.2, 0.25) is 5.91 Å². The van der Waals surface area contributed by atoms with Gasteiger partial charge in [0.15, 0.2) is 0 Å². The number of imide groups is 1. The van der Waals surface area contributed by atoms with Crippen LogP contribution in [0.5, 0.6) is 11.5 Å². The number of rotatable bonds is 5. The van der Waals surface area contributed by atoms with Crippen LogP contribution in [0.4, 0.5) is 10.5 Å². The van der Waals surface area contributed by atoms with E-state index in [-0.39, 0.29) is 5.75 Å². The molecule has 3 rings (SSSR count). The number of amides is 4. The summed E-state index contributed by atoms with van der Waals surface area (Å²) in [6, 6.07) is 10.5. The number of carbonyl (C=O) groups excluding carboxylic acids is 3. The second-order valence-electron chi connectivity index (χ2n) is 6.73. The molecule has 1 unspecified atom stereocenters. The lowest BCUT2D eigenvalue weighted by Gasteiger charge is -2.23. The third-order valence-electron chi connectivity index (χ3n) is 4.70. The summed E-state index contributed by atoms with van der Waals surface area (Å²) in [6.45, 7) is 3.03. The standard InChI is InChI=1S/C20H21N3O5/c1-12-10-13(4-9-16(12)28-3)20(2)18(26)23(19(27)22-20)11-17(25)21-14-5-7-15(24)8-6-14/h4-10,24H,11H2,1-3H3,(H,21,25)(H,22,27). The zero-order chi connectivity index (χ0) is 20.5. The molecule has 0 bridgehead atoms. The number of aromatic hydroxyl groups is 1. The molecule has 1 atom stereocenters. The molecule has 0 spiro atoms. The smallest absolute Gasteiger partial charge is 0.325 e. The van der Waals surface area contributed by atoms with Gasteiger partial charge in [0, 0.05) is 5.69 Å². The molecule has 28 heavy (non-hydrogen) atoms. The first-order valence-electron chi connectivity index (χ1n) is 8.62. The summed E-state index contributed by atoms with van der Waals surface area (Å²) in [5.74, 6) is -0.292. The van der Waals surface area contributed by atoms with Gasteiger partial charge in [-0.05, 0) is 61.4 Å². The van der Waals surface area contributed by atoms with Crippen molar-refractivity contribution >= 4 is 23.5 Å². The van der Waals surface area contributed by atoms with Crippen LogP contribution in [-0.4, -0.2) is 41.5 Å². The lowest BCUT2D eigenvalue weighted by molar-refractivity contribution is -0.133. The summed E-state index contributed by atoms with van der Waals surface area (Å²) in [6.07, 6.45) is 0. The minimum absolute atomic E-state index is 0.0673. The number of benzene rings is 2. The Morgan fingerprint density at radius 2 is 1.89 bits per heavy atom. The number of nitrogens with one attached hydrogen (secondary N) is 2. The minimum atomic E-state index is -1.27. The number of ether oxygens (including phenoxy) is 1. The zero-order valence-corrected chi connectivity index (χ0v) is 15.8. The van der Waals surface area contributed by atoms with Gasteiger partial charge < -0.3 is 20.5 Å². The summed E-state index contributed by atoms with van der Waals surface area (Å²) in [5.41, 5.74) is 0.605. The number of phenolic OH excluding ortho intramolecular Hbond substituents is 1. The van der Waals surface area contributed by atoms with Gasteiger partial charge in [-0.25, -0.2) is 4.79 Å². The van der Waals surface area contributed by atoms with E-state index in [9.17, 15) is 19.5 Å². The Kier molecular flexibility index (Phi) is 4.96. The van der Waals surface area contributed by atoms with Gasteiger partial charge in [-0.1, -0.05) is 6.07 Å². The summed E-state index contributed by atoms with van der Waals surface area (Å²) >= 11 is 0. The van der Waals surface area contributed by atoms with Crippen molar-refractivity contribution in [3.63, 3.8) is 0 Å². The molecule has 8 nitrogen and oxygen atoms in total. The van der Waals surface area contributed by atoms with Gasteiger partial charge in [0.25, 0.3) is 5.91 Å². The molecule has 1 fully saturated rings. The van der Waals surface area contributed by atoms with Crippen LogP contribution in [0, 0.1) is 6.92 Å². The van der Waals surface area contributed by atoms with Crippen molar-refractivity contribution in [2.75, 3.05) is 19.0 Å². The molecule has 4 amide bonds. The average molecular weight is 383 g/mol. The van der Waals surface area contributed by atoms with E-state index in [0.29, 0.717) is 17.0 Å². The maximum absolute atomic E-state index is 12.9. The molecule has 0 aromatic heterocycles. The number of phenols is 1. The van der Waals surface area contributed by atoms with Crippen molar-refractivity contribution in [3.8, 4) is 11.5 Å². The predicted octanol–water partition coefficient (Wildman–Crippen LogP) is 2.11. The van der Waals surface area contributed by atoms with E-state index in [4.69, 9.17) is 4.74 Å². The zero-order valence-electron chi connectivity index (χ0n) is 15.8. The number of carbonyl (C=O) groups is 3. The van der Waals surface area contributed by atoms with Crippen LogP contribution in [0.3, 0.4) is 0 Å². The molecular formula is C20H21N3O5. The quantitative estimate of drug-likeness (QED) is 0.541. The van der Waals surface area contributed by atoms with E-state index in [1.165, 1.54) is 24.3 Å². The highest BCUT2D eigenvalue weighted by molar-refractivity contribution is 6.10. The van der Waals surface area contributed by atoms with E-state index in [1.807, 2.05) is 6.92 Å². The molecule has 8 heteroatoms. The summed E-state index contributed by atoms with van der Waals surface area (Å²) in [7, 11) is 1.56. The van der Waals surface area contributed by atoms with Gasteiger partial charge in [-0.15, -0.1) is 0 Å². The van der Waals surface area contributed by atoms with Crippen LogP contribution in [0.2, 0.25) is 0 Å². The van der Waals surface area contributed by atoms with Crippen LogP contribution in [0.1, 0.15) is 18.1 Å². The Bertz CT molecular complexity index is 941. The molecule has 1 saturated heterocycles. The minimum Gasteiger partial charge on any atom is -0.508 e.